The molecule has 3 unspecified atom stereocenters. The van der Waals surface area contributed by atoms with E-state index in [1.165, 1.54) is 12.8 Å². The van der Waals surface area contributed by atoms with Crippen molar-refractivity contribution in [3.8, 4) is 5.75 Å². The summed E-state index contributed by atoms with van der Waals surface area (Å²) in [6, 6.07) is 4.04. The molecule has 3 fully saturated rings. The van der Waals surface area contributed by atoms with Gasteiger partial charge in [0.1, 0.15) is 5.75 Å². The molecule has 1 amide bonds. The number of hydrogen-bond donors (Lipinski definition) is 2. The molecule has 2 aliphatic carbocycles. The number of nitrogens with zero attached hydrogens (tertiary/aromatic N) is 1. The van der Waals surface area contributed by atoms with E-state index in [1.807, 2.05) is 6.07 Å². The van der Waals surface area contributed by atoms with Gasteiger partial charge in [0.05, 0.1) is 17.7 Å². The summed E-state index contributed by atoms with van der Waals surface area (Å²) < 4.78 is 5.47. The highest BCUT2D eigenvalue weighted by Crippen LogP contribution is 2.58. The minimum absolute atomic E-state index is 0.00653. The van der Waals surface area contributed by atoms with E-state index in [2.05, 4.69) is 16.3 Å². The summed E-state index contributed by atoms with van der Waals surface area (Å²) >= 11 is 6.80. The zero-order valence-corrected chi connectivity index (χ0v) is 16.5. The van der Waals surface area contributed by atoms with E-state index in [-0.39, 0.29) is 18.4 Å². The van der Waals surface area contributed by atoms with Crippen molar-refractivity contribution in [1.82, 2.24) is 10.2 Å². The first kappa shape index (κ1) is 17.8. The number of carbonyl (C=O) groups is 1. The highest BCUT2D eigenvalue weighted by Gasteiger charge is 2.64. The molecule has 2 bridgehead atoms. The number of amides is 1. The topological polar surface area (TPSA) is 61.8 Å². The number of nitrogens with one attached hydrogen (secondary N) is 1. The normalized spacial score (nSPS) is 35.7. The first-order valence-corrected chi connectivity index (χ1v) is 10.5. The summed E-state index contributed by atoms with van der Waals surface area (Å²) in [6.45, 7) is 2.48. The Morgan fingerprint density at radius 3 is 2.93 bits per heavy atom. The van der Waals surface area contributed by atoms with Crippen LogP contribution in [-0.4, -0.2) is 54.3 Å². The van der Waals surface area contributed by atoms with Gasteiger partial charge in [0, 0.05) is 31.0 Å². The van der Waals surface area contributed by atoms with Gasteiger partial charge in [-0.05, 0) is 61.8 Å². The molecule has 4 aliphatic rings. The quantitative estimate of drug-likeness (QED) is 0.831. The van der Waals surface area contributed by atoms with Gasteiger partial charge < -0.3 is 15.2 Å². The first-order chi connectivity index (χ1) is 13.0. The number of fused-ring (bicyclic) bond motifs is 1. The standard InChI is InChI=1S/C21H27ClN2O3/c1-27-15-5-4-14-10-16-21(26)6-8-23-17(25)11-20(21,18(14)19(15)22)7-9-24(16)12-13-2-3-13/h4-5,13,16,26H,2-3,6-12H2,1H3,(H,23,25). The Morgan fingerprint density at radius 2 is 2.19 bits per heavy atom. The van der Waals surface area contributed by atoms with Crippen LogP contribution in [0.2, 0.25) is 5.02 Å². The molecule has 0 aromatic heterocycles. The minimum Gasteiger partial charge on any atom is -0.495 e. The molecule has 5 rings (SSSR count). The molecule has 146 valence electrons. The molecule has 1 aromatic rings. The maximum atomic E-state index is 12.6. The van der Waals surface area contributed by atoms with E-state index in [9.17, 15) is 9.90 Å². The lowest BCUT2D eigenvalue weighted by Crippen LogP contribution is -2.71. The second-order valence-corrected chi connectivity index (χ2v) is 9.19. The Morgan fingerprint density at radius 1 is 1.37 bits per heavy atom. The van der Waals surface area contributed by atoms with E-state index < -0.39 is 11.0 Å². The van der Waals surface area contributed by atoms with Crippen LogP contribution < -0.4 is 10.1 Å². The predicted octanol–water partition coefficient (Wildman–Crippen LogP) is 2.27. The maximum Gasteiger partial charge on any atom is 0.221 e. The summed E-state index contributed by atoms with van der Waals surface area (Å²) in [7, 11) is 1.61. The number of hydrogen-bond acceptors (Lipinski definition) is 4. The lowest BCUT2D eigenvalue weighted by molar-refractivity contribution is -0.153. The second kappa shape index (κ2) is 6.10. The number of ether oxygens (including phenoxy) is 1. The van der Waals surface area contributed by atoms with Crippen molar-refractivity contribution in [3.63, 3.8) is 0 Å². The van der Waals surface area contributed by atoms with E-state index in [0.717, 1.165) is 43.0 Å². The summed E-state index contributed by atoms with van der Waals surface area (Å²) in [4.78, 5) is 15.1. The third kappa shape index (κ3) is 2.48. The van der Waals surface area contributed by atoms with Gasteiger partial charge in [-0.2, -0.15) is 0 Å². The summed E-state index contributed by atoms with van der Waals surface area (Å²) in [5.74, 6) is 1.40. The van der Waals surface area contributed by atoms with Crippen molar-refractivity contribution < 1.29 is 14.6 Å². The number of piperidine rings is 1. The van der Waals surface area contributed by atoms with Crippen LogP contribution in [0.25, 0.3) is 0 Å². The van der Waals surface area contributed by atoms with Crippen LogP contribution in [0.5, 0.6) is 5.75 Å². The molecule has 6 heteroatoms. The van der Waals surface area contributed by atoms with Gasteiger partial charge in [-0.1, -0.05) is 17.7 Å². The fraction of sp³-hybridized carbons (Fsp3) is 0.667. The summed E-state index contributed by atoms with van der Waals surface area (Å²) in [5, 5.41) is 15.7. The number of carbonyl (C=O) groups excluding carboxylic acids is 1. The van der Waals surface area contributed by atoms with Gasteiger partial charge in [-0.3, -0.25) is 9.69 Å². The predicted molar refractivity (Wildman–Crippen MR) is 103 cm³/mol. The van der Waals surface area contributed by atoms with Crippen molar-refractivity contribution in [2.75, 3.05) is 26.7 Å². The second-order valence-electron chi connectivity index (χ2n) is 8.81. The van der Waals surface area contributed by atoms with Gasteiger partial charge in [0.2, 0.25) is 5.91 Å². The Bertz CT molecular complexity index is 796. The number of methoxy groups -OCH3 is 1. The summed E-state index contributed by atoms with van der Waals surface area (Å²) in [5.41, 5.74) is 0.510. The average molecular weight is 391 g/mol. The third-order valence-electron chi connectivity index (χ3n) is 7.43. The molecule has 2 aliphatic heterocycles. The van der Waals surface area contributed by atoms with Gasteiger partial charge in [0.15, 0.2) is 0 Å². The lowest BCUT2D eigenvalue weighted by Gasteiger charge is -2.61. The van der Waals surface area contributed by atoms with Crippen LogP contribution in [-0.2, 0) is 16.6 Å². The van der Waals surface area contributed by atoms with Crippen molar-refractivity contribution in [2.24, 2.45) is 5.92 Å². The number of likely N-dealkylation sites (tertiary alicyclic amines) is 1. The largest absolute Gasteiger partial charge is 0.495 e. The molecule has 3 atom stereocenters. The third-order valence-corrected chi connectivity index (χ3v) is 7.81. The smallest absolute Gasteiger partial charge is 0.221 e. The van der Waals surface area contributed by atoms with E-state index >= 15 is 0 Å². The van der Waals surface area contributed by atoms with Crippen LogP contribution >= 0.6 is 11.6 Å². The zero-order valence-electron chi connectivity index (χ0n) is 15.8. The summed E-state index contributed by atoms with van der Waals surface area (Å²) in [6.07, 6.45) is 4.98. The molecular formula is C21H27ClN2O3. The van der Waals surface area contributed by atoms with Crippen LogP contribution in [0.4, 0.5) is 0 Å². The van der Waals surface area contributed by atoms with E-state index in [4.69, 9.17) is 16.3 Å². The Kier molecular flexibility index (Phi) is 4.01. The van der Waals surface area contributed by atoms with Crippen molar-refractivity contribution >= 4 is 17.5 Å². The van der Waals surface area contributed by atoms with Gasteiger partial charge in [-0.25, -0.2) is 0 Å². The molecule has 0 radical (unpaired) electrons. The molecular weight excluding hydrogens is 364 g/mol. The van der Waals surface area contributed by atoms with Crippen molar-refractivity contribution in [3.05, 3.63) is 28.3 Å². The monoisotopic (exact) mass is 390 g/mol. The SMILES string of the molecule is COc1ccc2c(c1Cl)C13CCN(CC4CC4)C(C2)C1(O)CCNC(=O)C3. The van der Waals surface area contributed by atoms with Gasteiger partial charge >= 0.3 is 0 Å². The van der Waals surface area contributed by atoms with Crippen molar-refractivity contribution in [2.45, 2.75) is 55.6 Å². The first-order valence-electron chi connectivity index (χ1n) is 10.1. The van der Waals surface area contributed by atoms with Crippen LogP contribution in [0.3, 0.4) is 0 Å². The Labute approximate surface area is 165 Å². The van der Waals surface area contributed by atoms with E-state index in [0.29, 0.717) is 23.7 Å². The molecule has 0 spiro atoms. The molecule has 1 saturated carbocycles. The van der Waals surface area contributed by atoms with Crippen LogP contribution in [0, 0.1) is 5.92 Å². The number of rotatable bonds is 3. The number of halogens is 1. The lowest BCUT2D eigenvalue weighted by atomic mass is 9.52. The van der Waals surface area contributed by atoms with Gasteiger partial charge in [-0.15, -0.1) is 0 Å². The highest BCUT2D eigenvalue weighted by molar-refractivity contribution is 6.33. The van der Waals surface area contributed by atoms with Crippen LogP contribution in [0.1, 0.15) is 43.2 Å². The van der Waals surface area contributed by atoms with E-state index in [1.54, 1.807) is 7.11 Å². The zero-order chi connectivity index (χ0) is 18.8. The molecule has 2 N–H and O–H groups in total. The molecule has 27 heavy (non-hydrogen) atoms. The highest BCUT2D eigenvalue weighted by atomic mass is 35.5. The fourth-order valence-corrected chi connectivity index (χ4v) is 6.38. The molecule has 2 heterocycles. The van der Waals surface area contributed by atoms with Crippen LogP contribution in [0.15, 0.2) is 12.1 Å². The number of aliphatic hydroxyl groups is 1. The van der Waals surface area contributed by atoms with Crippen molar-refractivity contribution in [1.29, 1.82) is 0 Å². The Balaban J connectivity index is 1.70. The minimum atomic E-state index is -0.956. The maximum absolute atomic E-state index is 12.6. The molecule has 1 aromatic carbocycles. The number of benzene rings is 1. The molecule has 2 saturated heterocycles. The fourth-order valence-electron chi connectivity index (χ4n) is 5.93. The molecule has 5 nitrogen and oxygen atoms in total. The Hall–Kier alpha value is -1.30. The average Bonchev–Trinajstić information content (AvgIpc) is 3.44. The van der Waals surface area contributed by atoms with Gasteiger partial charge in [0.25, 0.3) is 0 Å².